The Kier molecular flexibility index (Phi) is 4.16. The monoisotopic (exact) mass is 316 g/mol. The van der Waals surface area contributed by atoms with Crippen molar-refractivity contribution in [3.63, 3.8) is 0 Å². The molecule has 0 bridgehead atoms. The number of alkyl halides is 3. The molecule has 0 aliphatic carbocycles. The number of benzene rings is 2. The molecule has 0 atom stereocenters. The molecule has 0 amide bonds. The Bertz CT molecular complexity index is 722. The van der Waals surface area contributed by atoms with Gasteiger partial charge in [0.2, 0.25) is 0 Å². The zero-order valence-electron chi connectivity index (χ0n) is 10.9. The van der Waals surface area contributed by atoms with Gasteiger partial charge in [-0.15, -0.1) is 0 Å². The topological polar surface area (TPSA) is 37.3 Å². The maximum atomic E-state index is 14.0. The lowest BCUT2D eigenvalue weighted by molar-refractivity contribution is -0.138. The Morgan fingerprint density at radius 1 is 1.05 bits per heavy atom. The molecule has 7 heteroatoms. The quantitative estimate of drug-likeness (QED) is 0.858. The minimum Gasteiger partial charge on any atom is -0.481 e. The first-order chi connectivity index (χ1) is 10.2. The second kappa shape index (κ2) is 5.75. The third kappa shape index (κ3) is 3.41. The van der Waals surface area contributed by atoms with Crippen LogP contribution in [0.15, 0.2) is 36.4 Å². The molecule has 2 rings (SSSR count). The van der Waals surface area contributed by atoms with Crippen molar-refractivity contribution in [1.29, 1.82) is 0 Å². The van der Waals surface area contributed by atoms with E-state index in [9.17, 15) is 26.7 Å². The van der Waals surface area contributed by atoms with E-state index in [1.807, 2.05) is 0 Å². The Morgan fingerprint density at radius 2 is 1.73 bits per heavy atom. The van der Waals surface area contributed by atoms with E-state index in [0.29, 0.717) is 18.2 Å². The summed E-state index contributed by atoms with van der Waals surface area (Å²) < 4.78 is 65.6. The highest BCUT2D eigenvalue weighted by Gasteiger charge is 2.30. The summed E-state index contributed by atoms with van der Waals surface area (Å²) in [4.78, 5) is 10.5. The Hall–Kier alpha value is -2.44. The van der Waals surface area contributed by atoms with Gasteiger partial charge in [-0.1, -0.05) is 12.1 Å². The minimum atomic E-state index is -4.60. The number of hydrogen-bond acceptors (Lipinski definition) is 1. The van der Waals surface area contributed by atoms with Crippen LogP contribution in [0.1, 0.15) is 11.1 Å². The van der Waals surface area contributed by atoms with Crippen LogP contribution in [0.3, 0.4) is 0 Å². The molecular formula is C15H9F5O2. The first-order valence-corrected chi connectivity index (χ1v) is 6.06. The van der Waals surface area contributed by atoms with Gasteiger partial charge in [-0.2, -0.15) is 13.2 Å². The summed E-state index contributed by atoms with van der Waals surface area (Å²) in [6.07, 6.45) is -5.32. The first-order valence-electron chi connectivity index (χ1n) is 6.06. The highest BCUT2D eigenvalue weighted by molar-refractivity contribution is 5.72. The lowest BCUT2D eigenvalue weighted by Gasteiger charge is -2.10. The number of carboxylic acids is 1. The molecule has 0 spiro atoms. The normalized spacial score (nSPS) is 11.5. The predicted octanol–water partition coefficient (Wildman–Crippen LogP) is 4.28. The van der Waals surface area contributed by atoms with Crippen LogP contribution in [-0.2, 0) is 17.4 Å². The van der Waals surface area contributed by atoms with E-state index in [1.165, 1.54) is 6.07 Å². The second-order valence-electron chi connectivity index (χ2n) is 4.57. The van der Waals surface area contributed by atoms with Crippen molar-refractivity contribution >= 4 is 5.97 Å². The van der Waals surface area contributed by atoms with Gasteiger partial charge in [0, 0.05) is 11.1 Å². The number of aliphatic carboxylic acids is 1. The van der Waals surface area contributed by atoms with Crippen molar-refractivity contribution in [2.75, 3.05) is 0 Å². The van der Waals surface area contributed by atoms with Gasteiger partial charge in [0.15, 0.2) is 0 Å². The summed E-state index contributed by atoms with van der Waals surface area (Å²) in [5, 5.41) is 8.58. The molecule has 0 unspecified atom stereocenters. The number of halogens is 5. The van der Waals surface area contributed by atoms with Gasteiger partial charge < -0.3 is 5.11 Å². The minimum absolute atomic E-state index is 0.145. The van der Waals surface area contributed by atoms with Crippen molar-refractivity contribution in [3.8, 4) is 11.1 Å². The van der Waals surface area contributed by atoms with E-state index in [2.05, 4.69) is 0 Å². The second-order valence-corrected chi connectivity index (χ2v) is 4.57. The maximum absolute atomic E-state index is 14.0. The SMILES string of the molecule is O=C(O)Cc1cc(F)c(-c2cccc(C(F)(F)F)c2)cc1F. The van der Waals surface area contributed by atoms with Crippen LogP contribution in [0.5, 0.6) is 0 Å². The summed E-state index contributed by atoms with van der Waals surface area (Å²) in [5.41, 5.74) is -1.87. The van der Waals surface area contributed by atoms with E-state index in [0.717, 1.165) is 12.1 Å². The fraction of sp³-hybridized carbons (Fsp3) is 0.133. The zero-order chi connectivity index (χ0) is 16.5. The summed E-state index contributed by atoms with van der Waals surface area (Å²) in [5.74, 6) is -3.32. The number of rotatable bonds is 3. The average Bonchev–Trinajstić information content (AvgIpc) is 2.41. The number of carbonyl (C=O) groups is 1. The molecule has 116 valence electrons. The number of hydrogen-bond donors (Lipinski definition) is 1. The summed E-state index contributed by atoms with van der Waals surface area (Å²) in [7, 11) is 0. The van der Waals surface area contributed by atoms with Crippen molar-refractivity contribution in [3.05, 3.63) is 59.2 Å². The smallest absolute Gasteiger partial charge is 0.416 e. The summed E-state index contributed by atoms with van der Waals surface area (Å²) in [6, 6.07) is 5.19. The molecule has 2 aromatic carbocycles. The van der Waals surface area contributed by atoms with E-state index in [4.69, 9.17) is 5.11 Å². The van der Waals surface area contributed by atoms with Crippen LogP contribution >= 0.6 is 0 Å². The van der Waals surface area contributed by atoms with Gasteiger partial charge in [-0.05, 0) is 29.8 Å². The van der Waals surface area contributed by atoms with Crippen LogP contribution in [0.25, 0.3) is 11.1 Å². The standard InChI is InChI=1S/C15H9F5O2/c16-12-7-11(13(17)5-9(12)6-14(21)22)8-2-1-3-10(4-8)15(18,19)20/h1-5,7H,6H2,(H,21,22). The Balaban J connectivity index is 2.50. The van der Waals surface area contributed by atoms with Gasteiger partial charge in [0.05, 0.1) is 12.0 Å². The molecule has 2 aromatic rings. The van der Waals surface area contributed by atoms with E-state index in [1.54, 1.807) is 0 Å². The zero-order valence-corrected chi connectivity index (χ0v) is 10.9. The lowest BCUT2D eigenvalue weighted by Crippen LogP contribution is -2.05. The molecule has 22 heavy (non-hydrogen) atoms. The molecule has 0 heterocycles. The molecule has 0 fully saturated rings. The average molecular weight is 316 g/mol. The van der Waals surface area contributed by atoms with Gasteiger partial charge >= 0.3 is 12.1 Å². The van der Waals surface area contributed by atoms with Crippen molar-refractivity contribution in [1.82, 2.24) is 0 Å². The van der Waals surface area contributed by atoms with E-state index < -0.39 is 35.8 Å². The summed E-state index contributed by atoms with van der Waals surface area (Å²) in [6.45, 7) is 0. The van der Waals surface area contributed by atoms with Crippen molar-refractivity contribution in [2.24, 2.45) is 0 Å². The van der Waals surface area contributed by atoms with Crippen LogP contribution in [0.2, 0.25) is 0 Å². The third-order valence-electron chi connectivity index (χ3n) is 2.98. The molecule has 0 aromatic heterocycles. The molecule has 0 aliphatic rings. The van der Waals surface area contributed by atoms with E-state index >= 15 is 0 Å². The molecule has 1 N–H and O–H groups in total. The van der Waals surface area contributed by atoms with Crippen molar-refractivity contribution in [2.45, 2.75) is 12.6 Å². The fourth-order valence-corrected chi connectivity index (χ4v) is 1.97. The van der Waals surface area contributed by atoms with Crippen LogP contribution in [-0.4, -0.2) is 11.1 Å². The highest BCUT2D eigenvalue weighted by Crippen LogP contribution is 2.33. The molecule has 0 saturated heterocycles. The van der Waals surface area contributed by atoms with Gasteiger partial charge in [0.25, 0.3) is 0 Å². The van der Waals surface area contributed by atoms with Crippen LogP contribution < -0.4 is 0 Å². The lowest BCUT2D eigenvalue weighted by atomic mass is 9.99. The highest BCUT2D eigenvalue weighted by atomic mass is 19.4. The maximum Gasteiger partial charge on any atom is 0.416 e. The number of carboxylic acid groups (broad SMARTS) is 1. The van der Waals surface area contributed by atoms with Crippen molar-refractivity contribution < 1.29 is 31.9 Å². The Morgan fingerprint density at radius 3 is 2.32 bits per heavy atom. The Labute approximate surface area is 121 Å². The van der Waals surface area contributed by atoms with Gasteiger partial charge in [-0.3, -0.25) is 4.79 Å². The fourth-order valence-electron chi connectivity index (χ4n) is 1.97. The summed E-state index contributed by atoms with van der Waals surface area (Å²) >= 11 is 0. The predicted molar refractivity (Wildman–Crippen MR) is 68.1 cm³/mol. The third-order valence-corrected chi connectivity index (χ3v) is 2.98. The van der Waals surface area contributed by atoms with Crippen LogP contribution in [0, 0.1) is 11.6 Å². The first kappa shape index (κ1) is 15.9. The van der Waals surface area contributed by atoms with Crippen LogP contribution in [0.4, 0.5) is 22.0 Å². The molecular weight excluding hydrogens is 307 g/mol. The molecule has 0 aliphatic heterocycles. The molecule has 0 saturated carbocycles. The van der Waals surface area contributed by atoms with Gasteiger partial charge in [0.1, 0.15) is 11.6 Å². The van der Waals surface area contributed by atoms with Gasteiger partial charge in [-0.25, -0.2) is 8.78 Å². The largest absolute Gasteiger partial charge is 0.481 e. The van der Waals surface area contributed by atoms with E-state index in [-0.39, 0.29) is 16.7 Å². The molecule has 0 radical (unpaired) electrons. The molecule has 2 nitrogen and oxygen atoms in total.